The van der Waals surface area contributed by atoms with Gasteiger partial charge in [0.25, 0.3) is 0 Å². The largest absolute Gasteiger partial charge is 0.493 e. The first-order valence-electron chi connectivity index (χ1n) is 8.41. The smallest absolute Gasteiger partial charge is 0.339 e. The number of benzene rings is 1. The molecule has 1 heterocycles. The molecular weight excluding hydrogens is 308 g/mol. The van der Waals surface area contributed by atoms with Crippen molar-refractivity contribution in [2.75, 3.05) is 13.2 Å². The summed E-state index contributed by atoms with van der Waals surface area (Å²) in [4.78, 5) is 23.7. The van der Waals surface area contributed by atoms with E-state index < -0.39 is 5.63 Å². The second-order valence-corrected chi connectivity index (χ2v) is 5.66. The molecule has 2 aromatic rings. The summed E-state index contributed by atoms with van der Waals surface area (Å²) in [5, 5.41) is 0.858. The van der Waals surface area contributed by atoms with Crippen molar-refractivity contribution in [1.29, 1.82) is 0 Å². The Morgan fingerprint density at radius 2 is 2.04 bits per heavy atom. The van der Waals surface area contributed by atoms with Crippen LogP contribution in [-0.4, -0.2) is 19.2 Å². The summed E-state index contributed by atoms with van der Waals surface area (Å²) in [5.41, 5.74) is 1.46. The molecule has 0 aliphatic heterocycles. The predicted molar refractivity (Wildman–Crippen MR) is 92.6 cm³/mol. The van der Waals surface area contributed by atoms with E-state index in [2.05, 4.69) is 6.92 Å². The third-order valence-corrected chi connectivity index (χ3v) is 3.91. The van der Waals surface area contributed by atoms with Crippen LogP contribution in [0.2, 0.25) is 0 Å². The van der Waals surface area contributed by atoms with Gasteiger partial charge in [-0.15, -0.1) is 0 Å². The van der Waals surface area contributed by atoms with Gasteiger partial charge in [-0.1, -0.05) is 13.3 Å². The topological polar surface area (TPSA) is 65.7 Å². The molecule has 0 unspecified atom stereocenters. The molecule has 130 valence electrons. The fourth-order valence-corrected chi connectivity index (χ4v) is 2.55. The lowest BCUT2D eigenvalue weighted by atomic mass is 10.0. The summed E-state index contributed by atoms with van der Waals surface area (Å²) in [6, 6.07) is 5.51. The zero-order chi connectivity index (χ0) is 17.5. The molecule has 0 radical (unpaired) electrons. The number of hydrogen-bond acceptors (Lipinski definition) is 5. The van der Waals surface area contributed by atoms with Crippen molar-refractivity contribution < 1.29 is 18.7 Å². The second-order valence-electron chi connectivity index (χ2n) is 5.66. The van der Waals surface area contributed by atoms with E-state index in [1.54, 1.807) is 13.0 Å². The Morgan fingerprint density at radius 3 is 2.75 bits per heavy atom. The van der Waals surface area contributed by atoms with Crippen LogP contribution in [0.5, 0.6) is 5.75 Å². The van der Waals surface area contributed by atoms with Gasteiger partial charge in [0.2, 0.25) is 0 Å². The summed E-state index contributed by atoms with van der Waals surface area (Å²) in [6.07, 6.45) is 2.53. The zero-order valence-electron chi connectivity index (χ0n) is 14.5. The highest BCUT2D eigenvalue weighted by atomic mass is 16.5. The number of carbonyl (C=O) groups excluding carboxylic acids is 1. The van der Waals surface area contributed by atoms with Crippen molar-refractivity contribution in [3.05, 3.63) is 39.7 Å². The van der Waals surface area contributed by atoms with Gasteiger partial charge in [0.15, 0.2) is 0 Å². The minimum atomic E-state index is -0.407. The average Bonchev–Trinajstić information content (AvgIpc) is 2.55. The van der Waals surface area contributed by atoms with Crippen LogP contribution >= 0.6 is 0 Å². The number of fused-ring (bicyclic) bond motifs is 1. The van der Waals surface area contributed by atoms with Crippen LogP contribution in [0.15, 0.2) is 27.4 Å². The second kappa shape index (κ2) is 8.52. The third kappa shape index (κ3) is 4.37. The Morgan fingerprint density at radius 1 is 1.25 bits per heavy atom. The van der Waals surface area contributed by atoms with Gasteiger partial charge in [0, 0.05) is 23.4 Å². The molecule has 0 saturated heterocycles. The minimum absolute atomic E-state index is 0.170. The maximum atomic E-state index is 12.2. The molecule has 0 N–H and O–H groups in total. The molecule has 0 aliphatic carbocycles. The van der Waals surface area contributed by atoms with Crippen LogP contribution in [0.3, 0.4) is 0 Å². The Hall–Kier alpha value is -2.30. The number of unbranched alkanes of at least 4 members (excludes halogenated alkanes) is 1. The molecule has 0 saturated carbocycles. The number of aryl methyl sites for hydroxylation is 1. The maximum absolute atomic E-state index is 12.2. The van der Waals surface area contributed by atoms with E-state index >= 15 is 0 Å². The van der Waals surface area contributed by atoms with Gasteiger partial charge >= 0.3 is 11.6 Å². The van der Waals surface area contributed by atoms with E-state index in [-0.39, 0.29) is 12.4 Å². The third-order valence-electron chi connectivity index (χ3n) is 3.91. The van der Waals surface area contributed by atoms with E-state index in [4.69, 9.17) is 13.9 Å². The van der Waals surface area contributed by atoms with Gasteiger partial charge in [0.05, 0.1) is 13.2 Å². The number of carbonyl (C=O) groups is 1. The van der Waals surface area contributed by atoms with Crippen molar-refractivity contribution in [2.24, 2.45) is 0 Å². The number of hydrogen-bond donors (Lipinski definition) is 0. The molecule has 5 nitrogen and oxygen atoms in total. The fraction of sp³-hybridized carbons (Fsp3) is 0.474. The monoisotopic (exact) mass is 332 g/mol. The molecule has 1 aromatic carbocycles. The van der Waals surface area contributed by atoms with E-state index in [9.17, 15) is 9.59 Å². The summed E-state index contributed by atoms with van der Waals surface area (Å²) >= 11 is 0. The quantitative estimate of drug-likeness (QED) is 0.418. The van der Waals surface area contributed by atoms with Crippen LogP contribution in [0.25, 0.3) is 11.0 Å². The lowest BCUT2D eigenvalue weighted by molar-refractivity contribution is -0.143. The molecule has 0 fully saturated rings. The van der Waals surface area contributed by atoms with Gasteiger partial charge in [-0.3, -0.25) is 4.79 Å². The zero-order valence-corrected chi connectivity index (χ0v) is 14.5. The van der Waals surface area contributed by atoms with Crippen LogP contribution in [-0.2, 0) is 16.0 Å². The molecular formula is C19H24O5. The van der Waals surface area contributed by atoms with Gasteiger partial charge in [0.1, 0.15) is 11.3 Å². The number of rotatable bonds is 8. The van der Waals surface area contributed by atoms with Crippen molar-refractivity contribution in [3.63, 3.8) is 0 Å². The van der Waals surface area contributed by atoms with Gasteiger partial charge in [-0.05, 0) is 44.4 Å². The van der Waals surface area contributed by atoms with E-state index in [1.807, 2.05) is 19.1 Å². The minimum Gasteiger partial charge on any atom is -0.493 e. The predicted octanol–water partition coefficient (Wildman–Crippen LogP) is 3.78. The molecule has 0 bridgehead atoms. The molecule has 5 heteroatoms. The van der Waals surface area contributed by atoms with E-state index in [1.165, 1.54) is 0 Å². The molecule has 0 amide bonds. The summed E-state index contributed by atoms with van der Waals surface area (Å²) in [6.45, 7) is 6.71. The molecule has 1 aromatic heterocycles. The van der Waals surface area contributed by atoms with Crippen LogP contribution in [0, 0.1) is 6.92 Å². The van der Waals surface area contributed by atoms with Gasteiger partial charge < -0.3 is 13.9 Å². The normalized spacial score (nSPS) is 10.8. The van der Waals surface area contributed by atoms with Crippen molar-refractivity contribution in [3.8, 4) is 5.75 Å². The molecule has 0 spiro atoms. The van der Waals surface area contributed by atoms with Crippen molar-refractivity contribution >= 4 is 16.9 Å². The highest BCUT2D eigenvalue weighted by Gasteiger charge is 2.14. The first-order chi connectivity index (χ1) is 11.6. The Labute approximate surface area is 141 Å². The summed E-state index contributed by atoms with van der Waals surface area (Å²) in [5.74, 6) is 0.383. The van der Waals surface area contributed by atoms with Crippen molar-refractivity contribution in [1.82, 2.24) is 0 Å². The average molecular weight is 332 g/mol. The number of esters is 1. The summed E-state index contributed by atoms with van der Waals surface area (Å²) in [7, 11) is 0. The Kier molecular flexibility index (Phi) is 6.41. The molecule has 0 aliphatic rings. The lowest BCUT2D eigenvalue weighted by Gasteiger charge is -2.10. The standard InChI is InChI=1S/C19H24O5/c1-4-6-11-23-14-7-8-15-13(3)16(9-10-18(20)22-5-2)19(21)24-17(15)12-14/h7-8,12H,4-6,9-11H2,1-3H3. The van der Waals surface area contributed by atoms with E-state index in [0.29, 0.717) is 36.5 Å². The molecule has 0 atom stereocenters. The van der Waals surface area contributed by atoms with Crippen LogP contribution in [0.1, 0.15) is 44.2 Å². The van der Waals surface area contributed by atoms with Crippen LogP contribution in [0.4, 0.5) is 0 Å². The van der Waals surface area contributed by atoms with Crippen LogP contribution < -0.4 is 10.4 Å². The first kappa shape index (κ1) is 18.0. The highest BCUT2D eigenvalue weighted by Crippen LogP contribution is 2.24. The molecule has 24 heavy (non-hydrogen) atoms. The SMILES string of the molecule is CCCCOc1ccc2c(C)c(CCC(=O)OCC)c(=O)oc2c1. The first-order valence-corrected chi connectivity index (χ1v) is 8.41. The summed E-state index contributed by atoms with van der Waals surface area (Å²) < 4.78 is 16.0. The van der Waals surface area contributed by atoms with Crippen molar-refractivity contribution in [2.45, 2.75) is 46.5 Å². The number of ether oxygens (including phenoxy) is 2. The fourth-order valence-electron chi connectivity index (χ4n) is 2.55. The highest BCUT2D eigenvalue weighted by molar-refractivity contribution is 5.82. The van der Waals surface area contributed by atoms with Gasteiger partial charge in [-0.2, -0.15) is 0 Å². The maximum Gasteiger partial charge on any atom is 0.339 e. The lowest BCUT2D eigenvalue weighted by Crippen LogP contribution is -2.13. The molecule has 2 rings (SSSR count). The van der Waals surface area contributed by atoms with E-state index in [0.717, 1.165) is 23.8 Å². The Balaban J connectivity index is 2.24. The Bertz CT molecular complexity index is 760. The van der Waals surface area contributed by atoms with Gasteiger partial charge in [-0.25, -0.2) is 4.79 Å².